The maximum Gasteiger partial charge on any atom is 0.224 e. The lowest BCUT2D eigenvalue weighted by Gasteiger charge is -2.13. The second kappa shape index (κ2) is 12.1. The van der Waals surface area contributed by atoms with Gasteiger partial charge < -0.3 is 15.5 Å². The Morgan fingerprint density at radius 2 is 1.52 bits per heavy atom. The molecule has 0 aromatic heterocycles. The molecule has 0 aliphatic heterocycles. The minimum atomic E-state index is -0.575. The maximum absolute atomic E-state index is 11.8. The zero-order valence-electron chi connectivity index (χ0n) is 14.3. The second-order valence-corrected chi connectivity index (χ2v) is 6.14. The van der Waals surface area contributed by atoms with E-state index >= 15 is 0 Å². The zero-order valence-corrected chi connectivity index (χ0v) is 14.3. The first-order chi connectivity index (χ1) is 11.2. The van der Waals surface area contributed by atoms with Gasteiger partial charge in [-0.2, -0.15) is 0 Å². The molecule has 23 heavy (non-hydrogen) atoms. The average molecular weight is 321 g/mol. The second-order valence-electron chi connectivity index (χ2n) is 6.14. The Hall–Kier alpha value is -1.39. The molecule has 0 saturated heterocycles. The number of amides is 1. The smallest absolute Gasteiger partial charge is 0.224 e. The first kappa shape index (κ1) is 19.7. The fraction of sp³-hybridized carbons (Fsp3) is 0.632. The fourth-order valence-electron chi connectivity index (χ4n) is 2.55. The third-order valence-electron chi connectivity index (χ3n) is 4.01. The summed E-state index contributed by atoms with van der Waals surface area (Å²) in [5.41, 5.74) is 2.26. The van der Waals surface area contributed by atoms with Gasteiger partial charge >= 0.3 is 0 Å². The molecular formula is C19H31NO3. The average Bonchev–Trinajstić information content (AvgIpc) is 2.57. The van der Waals surface area contributed by atoms with E-state index in [1.54, 1.807) is 0 Å². The van der Waals surface area contributed by atoms with Crippen LogP contribution >= 0.6 is 0 Å². The van der Waals surface area contributed by atoms with Crippen LogP contribution in [0, 0.1) is 0 Å². The molecule has 3 N–H and O–H groups in total. The molecule has 0 heterocycles. The number of aliphatic hydroxyl groups is 2. The largest absolute Gasteiger partial charge is 0.394 e. The van der Waals surface area contributed by atoms with Gasteiger partial charge in [-0.05, 0) is 24.0 Å². The highest BCUT2D eigenvalue weighted by Gasteiger charge is 2.10. The monoisotopic (exact) mass is 321 g/mol. The molecule has 0 spiro atoms. The number of hydrogen-bond donors (Lipinski definition) is 3. The highest BCUT2D eigenvalue weighted by Crippen LogP contribution is 2.11. The molecule has 0 bridgehead atoms. The van der Waals surface area contributed by atoms with Crippen molar-refractivity contribution < 1.29 is 15.0 Å². The number of aliphatic hydroxyl groups excluding tert-OH is 2. The number of nitrogens with one attached hydrogen (secondary N) is 1. The highest BCUT2D eigenvalue weighted by atomic mass is 16.3. The first-order valence-electron chi connectivity index (χ1n) is 8.78. The van der Waals surface area contributed by atoms with Crippen molar-refractivity contribution in [1.82, 2.24) is 5.32 Å². The molecule has 1 aromatic rings. The van der Waals surface area contributed by atoms with Crippen molar-refractivity contribution in [3.63, 3.8) is 0 Å². The van der Waals surface area contributed by atoms with Gasteiger partial charge in [-0.15, -0.1) is 0 Å². The van der Waals surface area contributed by atoms with Crippen LogP contribution in [0.1, 0.15) is 56.6 Å². The number of aryl methyl sites for hydroxylation is 1. The minimum absolute atomic E-state index is 0.179. The van der Waals surface area contributed by atoms with Gasteiger partial charge in [0.1, 0.15) is 0 Å². The molecule has 1 aromatic carbocycles. The number of unbranched alkanes of at least 4 members (excludes halogenated alkanes) is 5. The van der Waals surface area contributed by atoms with Gasteiger partial charge in [0.15, 0.2) is 0 Å². The molecule has 4 nitrogen and oxygen atoms in total. The summed E-state index contributed by atoms with van der Waals surface area (Å²) in [6.45, 7) is 1.73. The van der Waals surface area contributed by atoms with Crippen molar-refractivity contribution in [2.75, 3.05) is 13.2 Å². The topological polar surface area (TPSA) is 69.6 Å². The van der Waals surface area contributed by atoms with Gasteiger partial charge in [-0.1, -0.05) is 63.3 Å². The molecule has 1 amide bonds. The Morgan fingerprint density at radius 3 is 2.13 bits per heavy atom. The van der Waals surface area contributed by atoms with Crippen molar-refractivity contribution >= 4 is 5.91 Å². The van der Waals surface area contributed by atoms with E-state index in [1.165, 1.54) is 44.1 Å². The standard InChI is InChI=1S/C19H31NO3/c1-2-3-4-5-6-7-8-16-9-11-17(12-10-16)13-19(23)20-18(14-21)15-22/h9-12,18,21-22H,2-8,13-15H2,1H3,(H,20,23). The number of carbonyl (C=O) groups is 1. The van der Waals surface area contributed by atoms with E-state index in [1.807, 2.05) is 12.1 Å². The van der Waals surface area contributed by atoms with Gasteiger partial charge in [-0.3, -0.25) is 4.79 Å². The maximum atomic E-state index is 11.8. The van der Waals surface area contributed by atoms with E-state index in [0.29, 0.717) is 0 Å². The Morgan fingerprint density at radius 1 is 0.957 bits per heavy atom. The highest BCUT2D eigenvalue weighted by molar-refractivity contribution is 5.78. The van der Waals surface area contributed by atoms with Gasteiger partial charge in [0.25, 0.3) is 0 Å². The van der Waals surface area contributed by atoms with Gasteiger partial charge in [0.2, 0.25) is 5.91 Å². The first-order valence-corrected chi connectivity index (χ1v) is 8.78. The number of carbonyl (C=O) groups excluding carboxylic acids is 1. The van der Waals surface area contributed by atoms with Crippen LogP contribution in [-0.2, 0) is 17.6 Å². The number of benzene rings is 1. The van der Waals surface area contributed by atoms with Crippen LogP contribution in [-0.4, -0.2) is 35.4 Å². The van der Waals surface area contributed by atoms with Crippen LogP contribution in [0.3, 0.4) is 0 Å². The minimum Gasteiger partial charge on any atom is -0.394 e. The lowest BCUT2D eigenvalue weighted by molar-refractivity contribution is -0.121. The summed E-state index contributed by atoms with van der Waals surface area (Å²) in [6, 6.07) is 7.57. The molecule has 0 radical (unpaired) electrons. The van der Waals surface area contributed by atoms with E-state index in [0.717, 1.165) is 12.0 Å². The lowest BCUT2D eigenvalue weighted by Crippen LogP contribution is -2.40. The predicted octanol–water partition coefficient (Wildman–Crippen LogP) is 2.60. The van der Waals surface area contributed by atoms with Gasteiger partial charge in [0, 0.05) is 0 Å². The van der Waals surface area contributed by atoms with Crippen LogP contribution in [0.5, 0.6) is 0 Å². The third kappa shape index (κ3) is 8.72. The van der Waals surface area contributed by atoms with Gasteiger partial charge in [0.05, 0.1) is 25.7 Å². The summed E-state index contributed by atoms with van der Waals surface area (Å²) >= 11 is 0. The Balaban J connectivity index is 2.28. The molecule has 0 unspecified atom stereocenters. The van der Waals surface area contributed by atoms with Crippen molar-refractivity contribution in [3.05, 3.63) is 35.4 Å². The molecule has 0 saturated carbocycles. The molecule has 0 aliphatic rings. The summed E-state index contributed by atoms with van der Waals surface area (Å²) in [6.07, 6.45) is 9.16. The predicted molar refractivity (Wildman–Crippen MR) is 93.3 cm³/mol. The van der Waals surface area contributed by atoms with Gasteiger partial charge in [-0.25, -0.2) is 0 Å². The van der Waals surface area contributed by atoms with E-state index < -0.39 is 6.04 Å². The number of rotatable bonds is 12. The van der Waals surface area contributed by atoms with Crippen molar-refractivity contribution in [2.24, 2.45) is 0 Å². The Bertz CT molecular complexity index is 427. The number of hydrogen-bond acceptors (Lipinski definition) is 3. The summed E-state index contributed by atoms with van der Waals surface area (Å²) in [4.78, 5) is 11.8. The van der Waals surface area contributed by atoms with E-state index in [4.69, 9.17) is 10.2 Å². The zero-order chi connectivity index (χ0) is 16.9. The van der Waals surface area contributed by atoms with Crippen molar-refractivity contribution in [3.8, 4) is 0 Å². The molecule has 0 fully saturated rings. The molecular weight excluding hydrogens is 290 g/mol. The van der Waals surface area contributed by atoms with Crippen molar-refractivity contribution in [2.45, 2.75) is 64.3 Å². The van der Waals surface area contributed by atoms with E-state index in [2.05, 4.69) is 24.4 Å². The Labute approximate surface area is 139 Å². The van der Waals surface area contributed by atoms with E-state index in [-0.39, 0.29) is 25.5 Å². The molecule has 0 atom stereocenters. The SMILES string of the molecule is CCCCCCCCc1ccc(CC(=O)NC(CO)CO)cc1. The Kier molecular flexibility index (Phi) is 10.3. The molecule has 1 rings (SSSR count). The molecule has 0 aliphatic carbocycles. The molecule has 130 valence electrons. The summed E-state index contributed by atoms with van der Waals surface area (Å²) in [5, 5.41) is 20.5. The van der Waals surface area contributed by atoms with Crippen LogP contribution in [0.4, 0.5) is 0 Å². The lowest BCUT2D eigenvalue weighted by atomic mass is 10.0. The van der Waals surface area contributed by atoms with Crippen LogP contribution < -0.4 is 5.32 Å². The third-order valence-corrected chi connectivity index (χ3v) is 4.01. The van der Waals surface area contributed by atoms with Crippen LogP contribution in [0.15, 0.2) is 24.3 Å². The molecule has 4 heteroatoms. The van der Waals surface area contributed by atoms with Crippen LogP contribution in [0.2, 0.25) is 0 Å². The quantitative estimate of drug-likeness (QED) is 0.518. The van der Waals surface area contributed by atoms with Crippen molar-refractivity contribution in [1.29, 1.82) is 0 Å². The normalized spacial score (nSPS) is 11.0. The van der Waals surface area contributed by atoms with E-state index in [9.17, 15) is 4.79 Å². The van der Waals surface area contributed by atoms with Crippen LogP contribution in [0.25, 0.3) is 0 Å². The fourth-order valence-corrected chi connectivity index (χ4v) is 2.55. The summed E-state index contributed by atoms with van der Waals surface area (Å²) < 4.78 is 0. The summed E-state index contributed by atoms with van der Waals surface area (Å²) in [5.74, 6) is -0.179. The summed E-state index contributed by atoms with van der Waals surface area (Å²) in [7, 11) is 0.